The lowest BCUT2D eigenvalue weighted by Gasteiger charge is -2.07. The van der Waals surface area contributed by atoms with Gasteiger partial charge in [0.05, 0.1) is 6.26 Å². The lowest BCUT2D eigenvalue weighted by atomic mass is 10.3. The van der Waals surface area contributed by atoms with Gasteiger partial charge in [0, 0.05) is 37.2 Å². The Morgan fingerprint density at radius 3 is 2.55 bits per heavy atom. The molecule has 3 N–H and O–H groups in total. The summed E-state index contributed by atoms with van der Waals surface area (Å²) >= 11 is 0. The first-order valence-corrected chi connectivity index (χ1v) is 8.81. The molecule has 10 heteroatoms. The summed E-state index contributed by atoms with van der Waals surface area (Å²) in [6, 6.07) is 12.3. The number of rotatable bonds is 8. The van der Waals surface area contributed by atoms with Crippen molar-refractivity contribution in [3.8, 4) is 11.5 Å². The molecule has 4 rings (SSSR count). The van der Waals surface area contributed by atoms with Gasteiger partial charge in [-0.1, -0.05) is 5.16 Å². The van der Waals surface area contributed by atoms with Gasteiger partial charge in [-0.25, -0.2) is 0 Å². The molecule has 0 saturated carbocycles. The van der Waals surface area contributed by atoms with Gasteiger partial charge in [-0.2, -0.15) is 0 Å². The van der Waals surface area contributed by atoms with Gasteiger partial charge in [-0.15, -0.1) is 10.2 Å². The zero-order chi connectivity index (χ0) is 19.9. The van der Waals surface area contributed by atoms with Crippen LogP contribution in [-0.2, 0) is 0 Å². The SMILES string of the molecule is O=C(NCCNc1ccc(Nc2ccncc2)nn1)c1cc(-c2ccco2)on1. The molecular formula is C19H17N7O3. The van der Waals surface area contributed by atoms with Gasteiger partial charge in [0.25, 0.3) is 5.91 Å². The molecule has 0 radical (unpaired) electrons. The standard InChI is InChI=1S/C19H17N7O3/c27-19(14-12-16(29-26-14)15-2-1-11-28-15)22-10-9-21-17-3-4-18(25-24-17)23-13-5-7-20-8-6-13/h1-8,11-12H,9-10H2,(H,21,24)(H,22,27)(H,20,23,25). The topological polar surface area (TPSA) is 131 Å². The van der Waals surface area contributed by atoms with Crippen LogP contribution in [0.4, 0.5) is 17.3 Å². The molecule has 146 valence electrons. The molecule has 0 saturated heterocycles. The third-order valence-electron chi connectivity index (χ3n) is 3.84. The Bertz CT molecular complexity index is 1050. The zero-order valence-corrected chi connectivity index (χ0v) is 15.2. The van der Waals surface area contributed by atoms with Gasteiger partial charge in [0.1, 0.15) is 5.82 Å². The smallest absolute Gasteiger partial charge is 0.273 e. The lowest BCUT2D eigenvalue weighted by molar-refractivity contribution is 0.0946. The minimum absolute atomic E-state index is 0.183. The van der Waals surface area contributed by atoms with Crippen LogP contribution in [-0.4, -0.2) is 39.3 Å². The molecule has 0 bridgehead atoms. The van der Waals surface area contributed by atoms with Crippen LogP contribution < -0.4 is 16.0 Å². The predicted molar refractivity (Wildman–Crippen MR) is 105 cm³/mol. The van der Waals surface area contributed by atoms with Gasteiger partial charge in [-0.3, -0.25) is 9.78 Å². The highest BCUT2D eigenvalue weighted by Crippen LogP contribution is 2.20. The minimum Gasteiger partial charge on any atom is -0.461 e. The molecule has 10 nitrogen and oxygen atoms in total. The Morgan fingerprint density at radius 1 is 0.966 bits per heavy atom. The number of furan rings is 1. The first kappa shape index (κ1) is 18.2. The fourth-order valence-corrected chi connectivity index (χ4v) is 2.45. The van der Waals surface area contributed by atoms with E-state index in [-0.39, 0.29) is 11.6 Å². The van der Waals surface area contributed by atoms with E-state index in [2.05, 4.69) is 36.3 Å². The van der Waals surface area contributed by atoms with Crippen molar-refractivity contribution in [1.82, 2.24) is 25.7 Å². The molecule has 1 amide bonds. The number of hydrogen-bond donors (Lipinski definition) is 3. The molecule has 0 atom stereocenters. The number of amides is 1. The summed E-state index contributed by atoms with van der Waals surface area (Å²) in [5.41, 5.74) is 1.06. The van der Waals surface area contributed by atoms with E-state index in [1.807, 2.05) is 12.1 Å². The number of hydrogen-bond acceptors (Lipinski definition) is 9. The molecule has 4 aromatic rings. The van der Waals surface area contributed by atoms with E-state index in [4.69, 9.17) is 8.94 Å². The molecule has 0 aliphatic carbocycles. The van der Waals surface area contributed by atoms with Crippen molar-refractivity contribution in [1.29, 1.82) is 0 Å². The maximum atomic E-state index is 12.1. The summed E-state index contributed by atoms with van der Waals surface area (Å²) in [4.78, 5) is 16.1. The van der Waals surface area contributed by atoms with Gasteiger partial charge >= 0.3 is 0 Å². The molecule has 0 spiro atoms. The second-order valence-corrected chi connectivity index (χ2v) is 5.90. The van der Waals surface area contributed by atoms with Gasteiger partial charge in [-0.05, 0) is 36.4 Å². The van der Waals surface area contributed by atoms with Crippen molar-refractivity contribution in [2.75, 3.05) is 23.7 Å². The largest absolute Gasteiger partial charge is 0.461 e. The van der Waals surface area contributed by atoms with Crippen LogP contribution >= 0.6 is 0 Å². The molecule has 4 heterocycles. The van der Waals surface area contributed by atoms with E-state index < -0.39 is 0 Å². The maximum Gasteiger partial charge on any atom is 0.273 e. The lowest BCUT2D eigenvalue weighted by Crippen LogP contribution is -2.29. The summed E-state index contributed by atoms with van der Waals surface area (Å²) in [7, 11) is 0. The minimum atomic E-state index is -0.337. The molecule has 0 fully saturated rings. The van der Waals surface area contributed by atoms with Crippen LogP contribution in [0.1, 0.15) is 10.5 Å². The Kier molecular flexibility index (Phi) is 5.42. The first-order chi connectivity index (χ1) is 14.3. The Hall–Kier alpha value is -4.21. The van der Waals surface area contributed by atoms with Crippen molar-refractivity contribution in [2.45, 2.75) is 0 Å². The monoisotopic (exact) mass is 391 g/mol. The number of pyridine rings is 1. The van der Waals surface area contributed by atoms with Gasteiger partial charge in [0.15, 0.2) is 17.3 Å². The summed E-state index contributed by atoms with van der Waals surface area (Å²) < 4.78 is 10.3. The molecule has 0 unspecified atom stereocenters. The first-order valence-electron chi connectivity index (χ1n) is 8.81. The third kappa shape index (κ3) is 4.75. The number of nitrogens with zero attached hydrogens (tertiary/aromatic N) is 4. The number of anilines is 3. The summed E-state index contributed by atoms with van der Waals surface area (Å²) in [5.74, 6) is 1.79. The van der Waals surface area contributed by atoms with Gasteiger partial charge < -0.3 is 24.9 Å². The van der Waals surface area contributed by atoms with Crippen molar-refractivity contribution >= 4 is 23.2 Å². The maximum absolute atomic E-state index is 12.1. The average molecular weight is 391 g/mol. The van der Waals surface area contributed by atoms with E-state index in [0.29, 0.717) is 36.2 Å². The van der Waals surface area contributed by atoms with Crippen LogP contribution in [0.5, 0.6) is 0 Å². The van der Waals surface area contributed by atoms with Crippen LogP contribution in [0.2, 0.25) is 0 Å². The molecule has 0 aliphatic heterocycles. The summed E-state index contributed by atoms with van der Waals surface area (Å²) in [6.45, 7) is 0.848. The van der Waals surface area contributed by atoms with Crippen LogP contribution in [0.15, 0.2) is 70.1 Å². The Labute approximate surface area is 165 Å². The Balaban J connectivity index is 1.22. The van der Waals surface area contributed by atoms with E-state index in [1.54, 1.807) is 36.7 Å². The third-order valence-corrected chi connectivity index (χ3v) is 3.84. The van der Waals surface area contributed by atoms with Crippen molar-refractivity contribution in [2.24, 2.45) is 0 Å². The van der Waals surface area contributed by atoms with Crippen LogP contribution in [0.25, 0.3) is 11.5 Å². The van der Waals surface area contributed by atoms with Crippen molar-refractivity contribution < 1.29 is 13.7 Å². The fraction of sp³-hybridized carbons (Fsp3) is 0.105. The molecule has 0 aliphatic rings. The Morgan fingerprint density at radius 2 is 1.79 bits per heavy atom. The fourth-order valence-electron chi connectivity index (χ4n) is 2.45. The quantitative estimate of drug-likeness (QED) is 0.388. The molecular weight excluding hydrogens is 374 g/mol. The van der Waals surface area contributed by atoms with Gasteiger partial charge in [0.2, 0.25) is 5.76 Å². The normalized spacial score (nSPS) is 10.5. The van der Waals surface area contributed by atoms with Crippen LogP contribution in [0.3, 0.4) is 0 Å². The number of carbonyl (C=O) groups is 1. The highest BCUT2D eigenvalue weighted by atomic mass is 16.5. The molecule has 4 aromatic heterocycles. The zero-order valence-electron chi connectivity index (χ0n) is 15.2. The van der Waals surface area contributed by atoms with E-state index in [0.717, 1.165) is 5.69 Å². The second kappa shape index (κ2) is 8.65. The highest BCUT2D eigenvalue weighted by Gasteiger charge is 2.14. The van der Waals surface area contributed by atoms with E-state index in [9.17, 15) is 4.79 Å². The molecule has 0 aromatic carbocycles. The second-order valence-electron chi connectivity index (χ2n) is 5.90. The van der Waals surface area contributed by atoms with Crippen molar-refractivity contribution in [3.63, 3.8) is 0 Å². The van der Waals surface area contributed by atoms with E-state index in [1.165, 1.54) is 12.3 Å². The predicted octanol–water partition coefficient (Wildman–Crippen LogP) is 2.71. The number of aromatic nitrogens is 4. The number of carbonyl (C=O) groups excluding carboxylic acids is 1. The summed E-state index contributed by atoms with van der Waals surface area (Å²) in [5, 5.41) is 20.9. The van der Waals surface area contributed by atoms with Crippen molar-refractivity contribution in [3.05, 3.63) is 66.8 Å². The van der Waals surface area contributed by atoms with E-state index >= 15 is 0 Å². The van der Waals surface area contributed by atoms with Crippen LogP contribution in [0, 0.1) is 0 Å². The molecule has 29 heavy (non-hydrogen) atoms. The summed E-state index contributed by atoms with van der Waals surface area (Å²) in [6.07, 6.45) is 4.90. The average Bonchev–Trinajstić information content (AvgIpc) is 3.45. The number of nitrogens with one attached hydrogen (secondary N) is 3. The highest BCUT2D eigenvalue weighted by molar-refractivity contribution is 5.92.